The Bertz CT molecular complexity index is 1000. The molecule has 0 saturated carbocycles. The molecule has 0 radical (unpaired) electrons. The Morgan fingerprint density at radius 1 is 1.44 bits per heavy atom. The van der Waals surface area contributed by atoms with Crippen LogP contribution in [0.25, 0.3) is 11.3 Å². The van der Waals surface area contributed by atoms with Crippen LogP contribution in [0.1, 0.15) is 34.8 Å². The number of nitrogens with zero attached hydrogens (tertiary/aromatic N) is 4. The van der Waals surface area contributed by atoms with Gasteiger partial charge in [-0.05, 0) is 31.2 Å². The Hall–Kier alpha value is -3.15. The summed E-state index contributed by atoms with van der Waals surface area (Å²) in [6.45, 7) is 2.43. The van der Waals surface area contributed by atoms with Crippen LogP contribution in [-0.2, 0) is 6.54 Å². The van der Waals surface area contributed by atoms with E-state index in [1.54, 1.807) is 36.0 Å². The van der Waals surface area contributed by atoms with E-state index in [0.29, 0.717) is 29.4 Å². The van der Waals surface area contributed by atoms with Gasteiger partial charge >= 0.3 is 0 Å². The van der Waals surface area contributed by atoms with Gasteiger partial charge in [-0.2, -0.15) is 15.5 Å². The van der Waals surface area contributed by atoms with Crippen LogP contribution in [0.15, 0.2) is 36.5 Å². The van der Waals surface area contributed by atoms with Crippen molar-refractivity contribution in [2.24, 2.45) is 0 Å². The molecule has 2 aromatic heterocycles. The van der Waals surface area contributed by atoms with Gasteiger partial charge in [-0.3, -0.25) is 14.6 Å². The van der Waals surface area contributed by atoms with Gasteiger partial charge in [0.2, 0.25) is 0 Å². The molecule has 0 aliphatic rings. The average molecular weight is 385 g/mol. The molecular formula is C18H17ClN6O2. The fourth-order valence-electron chi connectivity index (χ4n) is 2.45. The van der Waals surface area contributed by atoms with Gasteiger partial charge in [-0.25, -0.2) is 0 Å². The lowest BCUT2D eigenvalue weighted by molar-refractivity contribution is 0.0947. The van der Waals surface area contributed by atoms with Crippen molar-refractivity contribution in [2.45, 2.75) is 19.6 Å². The molecule has 1 amide bonds. The zero-order chi connectivity index (χ0) is 19.4. The number of carbonyl (C=O) groups excluding carboxylic acids is 1. The molecule has 3 N–H and O–H groups in total. The second-order valence-corrected chi connectivity index (χ2v) is 6.32. The maximum absolute atomic E-state index is 12.0. The first-order valence-electron chi connectivity index (χ1n) is 8.23. The molecule has 2 heterocycles. The third-order valence-corrected chi connectivity index (χ3v) is 4.25. The molecule has 138 valence electrons. The van der Waals surface area contributed by atoms with Gasteiger partial charge in [-0.1, -0.05) is 17.7 Å². The third-order valence-electron chi connectivity index (χ3n) is 3.93. The lowest BCUT2D eigenvalue weighted by Crippen LogP contribution is -2.27. The fourth-order valence-corrected chi connectivity index (χ4v) is 2.67. The highest BCUT2D eigenvalue weighted by Gasteiger charge is 2.12. The Morgan fingerprint density at radius 2 is 2.26 bits per heavy atom. The van der Waals surface area contributed by atoms with Crippen molar-refractivity contribution < 1.29 is 9.90 Å². The molecule has 1 aromatic carbocycles. The van der Waals surface area contributed by atoms with Gasteiger partial charge in [0.05, 0.1) is 34.6 Å². The number of amides is 1. The molecule has 0 fully saturated rings. The minimum Gasteiger partial charge on any atom is -0.387 e. The largest absolute Gasteiger partial charge is 0.387 e. The number of aromatic amines is 1. The summed E-state index contributed by atoms with van der Waals surface area (Å²) in [5.41, 5.74) is 2.66. The number of hydrogen-bond donors (Lipinski definition) is 3. The van der Waals surface area contributed by atoms with Gasteiger partial charge in [0.1, 0.15) is 11.8 Å². The quantitative estimate of drug-likeness (QED) is 0.602. The molecule has 0 aliphatic heterocycles. The molecule has 27 heavy (non-hydrogen) atoms. The number of nitrogens with one attached hydrogen (secondary N) is 2. The van der Waals surface area contributed by atoms with Crippen LogP contribution in [-0.4, -0.2) is 37.5 Å². The number of benzene rings is 1. The van der Waals surface area contributed by atoms with E-state index in [1.807, 2.05) is 12.1 Å². The van der Waals surface area contributed by atoms with Crippen molar-refractivity contribution >= 4 is 17.5 Å². The van der Waals surface area contributed by atoms with Crippen molar-refractivity contribution in [3.63, 3.8) is 0 Å². The number of nitriles is 1. The maximum atomic E-state index is 12.0. The molecular weight excluding hydrogens is 368 g/mol. The molecule has 0 bridgehead atoms. The van der Waals surface area contributed by atoms with E-state index in [2.05, 4.69) is 20.6 Å². The van der Waals surface area contributed by atoms with Crippen LogP contribution in [0.5, 0.6) is 0 Å². The van der Waals surface area contributed by atoms with Crippen LogP contribution >= 0.6 is 11.6 Å². The summed E-state index contributed by atoms with van der Waals surface area (Å²) in [5.74, 6) is -0.329. The second kappa shape index (κ2) is 8.03. The third kappa shape index (κ3) is 4.34. The lowest BCUT2D eigenvalue weighted by Gasteiger charge is -2.04. The maximum Gasteiger partial charge on any atom is 0.271 e. The van der Waals surface area contributed by atoms with E-state index in [-0.39, 0.29) is 11.6 Å². The van der Waals surface area contributed by atoms with Crippen LogP contribution in [0.3, 0.4) is 0 Å². The zero-order valence-electron chi connectivity index (χ0n) is 14.5. The molecule has 3 rings (SSSR count). The number of rotatable bonds is 6. The van der Waals surface area contributed by atoms with Crippen molar-refractivity contribution in [2.75, 3.05) is 6.54 Å². The smallest absolute Gasteiger partial charge is 0.271 e. The fraction of sp³-hybridized carbons (Fsp3) is 0.222. The van der Waals surface area contributed by atoms with Crippen molar-refractivity contribution in [1.82, 2.24) is 25.3 Å². The van der Waals surface area contributed by atoms with Crippen molar-refractivity contribution in [3.8, 4) is 17.3 Å². The number of H-pyrrole nitrogens is 1. The molecule has 0 aliphatic carbocycles. The molecule has 8 nitrogen and oxygen atoms in total. The number of carbonyl (C=O) groups is 1. The number of halogens is 1. The normalized spacial score (nSPS) is 11.8. The van der Waals surface area contributed by atoms with Gasteiger partial charge < -0.3 is 10.4 Å². The van der Waals surface area contributed by atoms with E-state index in [9.17, 15) is 9.90 Å². The first-order valence-corrected chi connectivity index (χ1v) is 8.61. The molecule has 1 atom stereocenters. The van der Waals surface area contributed by atoms with Crippen LogP contribution < -0.4 is 5.32 Å². The van der Waals surface area contributed by atoms with Crippen molar-refractivity contribution in [1.29, 1.82) is 5.26 Å². The minimum atomic E-state index is -0.711. The van der Waals surface area contributed by atoms with Gasteiger partial charge in [0.25, 0.3) is 5.91 Å². The molecule has 9 heteroatoms. The molecule has 3 aromatic rings. The first kappa shape index (κ1) is 18.6. The van der Waals surface area contributed by atoms with Gasteiger partial charge in [0, 0.05) is 18.3 Å². The molecule has 1 unspecified atom stereocenters. The van der Waals surface area contributed by atoms with Crippen LogP contribution in [0.2, 0.25) is 5.02 Å². The summed E-state index contributed by atoms with van der Waals surface area (Å²) in [6, 6.07) is 10.5. The number of aliphatic hydroxyl groups is 1. The van der Waals surface area contributed by atoms with E-state index >= 15 is 0 Å². The Balaban J connectivity index is 1.57. The SMILES string of the molecule is CC(O)c1cc(C(=O)NCCn2ccc(-c3ccc(C#N)c(Cl)c3)n2)n[nH]1. The topological polar surface area (TPSA) is 120 Å². The summed E-state index contributed by atoms with van der Waals surface area (Å²) in [7, 11) is 0. The highest BCUT2D eigenvalue weighted by Crippen LogP contribution is 2.24. The number of aromatic nitrogens is 4. The zero-order valence-corrected chi connectivity index (χ0v) is 15.2. The van der Waals surface area contributed by atoms with Gasteiger partial charge in [-0.15, -0.1) is 0 Å². The van der Waals surface area contributed by atoms with Gasteiger partial charge in [0.15, 0.2) is 0 Å². The van der Waals surface area contributed by atoms with E-state index < -0.39 is 6.10 Å². The summed E-state index contributed by atoms with van der Waals surface area (Å²) < 4.78 is 1.70. The Kier molecular flexibility index (Phi) is 5.54. The van der Waals surface area contributed by atoms with E-state index in [4.69, 9.17) is 16.9 Å². The second-order valence-electron chi connectivity index (χ2n) is 5.91. The lowest BCUT2D eigenvalue weighted by atomic mass is 10.1. The highest BCUT2D eigenvalue weighted by atomic mass is 35.5. The summed E-state index contributed by atoms with van der Waals surface area (Å²) >= 11 is 6.06. The standard InChI is InChI=1S/C18H17ClN6O2/c1-11(26)16-9-17(23-22-16)18(27)21-5-7-25-6-4-15(24-25)12-2-3-13(10-20)14(19)8-12/h2-4,6,8-9,11,26H,5,7H2,1H3,(H,21,27)(H,22,23). The Morgan fingerprint density at radius 3 is 2.93 bits per heavy atom. The monoisotopic (exact) mass is 384 g/mol. The van der Waals surface area contributed by atoms with Crippen LogP contribution in [0.4, 0.5) is 0 Å². The summed E-state index contributed by atoms with van der Waals surface area (Å²) in [6.07, 6.45) is 1.09. The highest BCUT2D eigenvalue weighted by molar-refractivity contribution is 6.32. The van der Waals surface area contributed by atoms with E-state index in [1.165, 1.54) is 6.07 Å². The van der Waals surface area contributed by atoms with Crippen molar-refractivity contribution in [3.05, 3.63) is 58.5 Å². The minimum absolute atomic E-state index is 0.222. The Labute approximate surface area is 160 Å². The number of aliphatic hydroxyl groups excluding tert-OH is 1. The van der Waals surface area contributed by atoms with Crippen LogP contribution in [0, 0.1) is 11.3 Å². The summed E-state index contributed by atoms with van der Waals surface area (Å²) in [4.78, 5) is 12.0. The summed E-state index contributed by atoms with van der Waals surface area (Å²) in [5, 5.41) is 32.4. The predicted molar refractivity (Wildman–Crippen MR) is 98.9 cm³/mol. The van der Waals surface area contributed by atoms with E-state index in [0.717, 1.165) is 11.3 Å². The average Bonchev–Trinajstić information content (AvgIpc) is 3.31. The predicted octanol–water partition coefficient (Wildman–Crippen LogP) is 2.28. The molecule has 0 spiro atoms. The molecule has 0 saturated heterocycles. The first-order chi connectivity index (χ1) is 13.0. The number of hydrogen-bond acceptors (Lipinski definition) is 5.